The van der Waals surface area contributed by atoms with E-state index in [0.29, 0.717) is 25.6 Å². The number of rotatable bonds is 8. The van der Waals surface area contributed by atoms with Gasteiger partial charge in [-0.25, -0.2) is 0 Å². The van der Waals surface area contributed by atoms with Gasteiger partial charge in [-0.15, -0.1) is 0 Å². The summed E-state index contributed by atoms with van der Waals surface area (Å²) in [5, 5.41) is 18.8. The first kappa shape index (κ1) is 18.8. The first-order valence-corrected chi connectivity index (χ1v) is 7.81. The zero-order valence-corrected chi connectivity index (χ0v) is 14.5. The van der Waals surface area contributed by atoms with E-state index in [-0.39, 0.29) is 23.2 Å². The molecule has 0 aliphatic rings. The Morgan fingerprint density at radius 1 is 1.00 bits per heavy atom. The van der Waals surface area contributed by atoms with Crippen LogP contribution in [0, 0.1) is 5.41 Å². The standard InChI is InChI=1S/C18H30O4/c1-17(2,3)13-18(4,5)14-6-7-16(15(20)12-14)22-11-10-21-9-8-19/h6-7,12,19-20H,8-11,13H2,1-5H3. The van der Waals surface area contributed by atoms with Crippen LogP contribution < -0.4 is 4.74 Å². The third kappa shape index (κ3) is 6.24. The summed E-state index contributed by atoms with van der Waals surface area (Å²) < 4.78 is 10.6. The van der Waals surface area contributed by atoms with Gasteiger partial charge in [0.25, 0.3) is 0 Å². The smallest absolute Gasteiger partial charge is 0.161 e. The molecule has 0 aliphatic heterocycles. The highest BCUT2D eigenvalue weighted by Crippen LogP contribution is 2.39. The molecule has 0 amide bonds. The molecule has 0 bridgehead atoms. The maximum Gasteiger partial charge on any atom is 0.161 e. The summed E-state index contributed by atoms with van der Waals surface area (Å²) in [6.45, 7) is 12.1. The monoisotopic (exact) mass is 310 g/mol. The van der Waals surface area contributed by atoms with Gasteiger partial charge in [-0.1, -0.05) is 40.7 Å². The molecule has 0 spiro atoms. The van der Waals surface area contributed by atoms with Crippen LogP contribution in [-0.4, -0.2) is 36.6 Å². The molecule has 0 saturated heterocycles. The third-order valence-corrected chi connectivity index (χ3v) is 3.43. The second kappa shape index (κ2) is 7.84. The number of hydrogen-bond acceptors (Lipinski definition) is 4. The van der Waals surface area contributed by atoms with Crippen LogP contribution in [0.5, 0.6) is 11.5 Å². The molecule has 0 fully saturated rings. The molecule has 22 heavy (non-hydrogen) atoms. The summed E-state index contributed by atoms with van der Waals surface area (Å²) in [7, 11) is 0. The second-order valence-electron chi connectivity index (χ2n) is 7.49. The Hall–Kier alpha value is -1.26. The lowest BCUT2D eigenvalue weighted by Gasteiger charge is -2.33. The summed E-state index contributed by atoms with van der Waals surface area (Å²) in [6.07, 6.45) is 1.02. The molecule has 1 aromatic carbocycles. The lowest BCUT2D eigenvalue weighted by Crippen LogP contribution is -2.24. The van der Waals surface area contributed by atoms with Gasteiger partial charge in [0, 0.05) is 0 Å². The van der Waals surface area contributed by atoms with Crippen molar-refractivity contribution in [3.63, 3.8) is 0 Å². The first-order valence-electron chi connectivity index (χ1n) is 7.81. The average Bonchev–Trinajstić information content (AvgIpc) is 2.37. The topological polar surface area (TPSA) is 58.9 Å². The van der Waals surface area contributed by atoms with Gasteiger partial charge >= 0.3 is 0 Å². The fraction of sp³-hybridized carbons (Fsp3) is 0.667. The Morgan fingerprint density at radius 3 is 2.23 bits per heavy atom. The summed E-state index contributed by atoms with van der Waals surface area (Å²) in [5.41, 5.74) is 1.31. The molecule has 4 nitrogen and oxygen atoms in total. The predicted molar refractivity (Wildman–Crippen MR) is 88.6 cm³/mol. The third-order valence-electron chi connectivity index (χ3n) is 3.43. The van der Waals surface area contributed by atoms with Crippen LogP contribution in [0.2, 0.25) is 0 Å². The van der Waals surface area contributed by atoms with Crippen molar-refractivity contribution in [3.8, 4) is 11.5 Å². The summed E-state index contributed by atoms with van der Waals surface area (Å²) in [4.78, 5) is 0. The second-order valence-corrected chi connectivity index (χ2v) is 7.49. The maximum atomic E-state index is 10.1. The van der Waals surface area contributed by atoms with E-state index in [1.165, 1.54) is 0 Å². The van der Waals surface area contributed by atoms with Crippen molar-refractivity contribution in [1.82, 2.24) is 0 Å². The quantitative estimate of drug-likeness (QED) is 0.722. The number of phenolic OH excluding ortho intramolecular Hbond substituents is 1. The molecular weight excluding hydrogens is 280 g/mol. The fourth-order valence-electron chi connectivity index (χ4n) is 2.87. The van der Waals surface area contributed by atoms with E-state index in [1.54, 1.807) is 12.1 Å². The number of aliphatic hydroxyl groups excluding tert-OH is 1. The Morgan fingerprint density at radius 2 is 1.68 bits per heavy atom. The number of ether oxygens (including phenoxy) is 2. The summed E-state index contributed by atoms with van der Waals surface area (Å²) in [6, 6.07) is 5.60. The molecule has 4 heteroatoms. The maximum absolute atomic E-state index is 10.1. The molecule has 1 rings (SSSR count). The van der Waals surface area contributed by atoms with E-state index in [1.807, 2.05) is 6.07 Å². The van der Waals surface area contributed by atoms with Gasteiger partial charge in [-0.2, -0.15) is 0 Å². The molecule has 0 saturated carbocycles. The van der Waals surface area contributed by atoms with E-state index in [4.69, 9.17) is 14.6 Å². The lowest BCUT2D eigenvalue weighted by molar-refractivity contribution is 0.0699. The average molecular weight is 310 g/mol. The van der Waals surface area contributed by atoms with Crippen LogP contribution in [0.4, 0.5) is 0 Å². The largest absolute Gasteiger partial charge is 0.504 e. The van der Waals surface area contributed by atoms with Gasteiger partial charge in [0.15, 0.2) is 11.5 Å². The van der Waals surface area contributed by atoms with Crippen LogP contribution in [0.1, 0.15) is 46.6 Å². The minimum atomic E-state index is -0.0154. The number of aromatic hydroxyl groups is 1. The van der Waals surface area contributed by atoms with Crippen LogP contribution in [0.3, 0.4) is 0 Å². The van der Waals surface area contributed by atoms with Crippen molar-refractivity contribution in [1.29, 1.82) is 0 Å². The molecule has 0 aliphatic carbocycles. The molecule has 126 valence electrons. The molecule has 2 N–H and O–H groups in total. The van der Waals surface area contributed by atoms with E-state index in [9.17, 15) is 5.11 Å². The number of benzene rings is 1. The Balaban J connectivity index is 2.68. The van der Waals surface area contributed by atoms with Crippen molar-refractivity contribution >= 4 is 0 Å². The van der Waals surface area contributed by atoms with Crippen LogP contribution in [-0.2, 0) is 10.2 Å². The first-order chi connectivity index (χ1) is 10.2. The molecule has 0 aromatic heterocycles. The Kier molecular flexibility index (Phi) is 6.69. The SMILES string of the molecule is CC(C)(C)CC(C)(C)c1ccc(OCCOCCO)c(O)c1. The van der Waals surface area contributed by atoms with Gasteiger partial charge in [-0.3, -0.25) is 0 Å². The fourth-order valence-corrected chi connectivity index (χ4v) is 2.87. The van der Waals surface area contributed by atoms with Crippen molar-refractivity contribution in [2.75, 3.05) is 26.4 Å². The molecule has 0 radical (unpaired) electrons. The summed E-state index contributed by atoms with van der Waals surface area (Å²) >= 11 is 0. The minimum absolute atomic E-state index is 0.00278. The highest BCUT2D eigenvalue weighted by atomic mass is 16.5. The van der Waals surface area contributed by atoms with Crippen molar-refractivity contribution in [3.05, 3.63) is 23.8 Å². The van der Waals surface area contributed by atoms with Gasteiger partial charge in [0.1, 0.15) is 6.61 Å². The van der Waals surface area contributed by atoms with Gasteiger partial charge < -0.3 is 19.7 Å². The van der Waals surface area contributed by atoms with Crippen molar-refractivity contribution < 1.29 is 19.7 Å². The molecule has 1 aromatic rings. The number of aliphatic hydroxyl groups is 1. The van der Waals surface area contributed by atoms with Gasteiger partial charge in [0.2, 0.25) is 0 Å². The van der Waals surface area contributed by atoms with E-state index >= 15 is 0 Å². The Bertz CT molecular complexity index is 461. The minimum Gasteiger partial charge on any atom is -0.504 e. The van der Waals surface area contributed by atoms with Crippen LogP contribution in [0.25, 0.3) is 0 Å². The molecule has 0 atom stereocenters. The lowest BCUT2D eigenvalue weighted by atomic mass is 9.72. The molecule has 0 heterocycles. The summed E-state index contributed by atoms with van der Waals surface area (Å²) in [5.74, 6) is 0.615. The van der Waals surface area contributed by atoms with E-state index in [2.05, 4.69) is 34.6 Å². The van der Waals surface area contributed by atoms with E-state index < -0.39 is 0 Å². The molecular formula is C18H30O4. The zero-order chi connectivity index (χ0) is 16.8. The van der Waals surface area contributed by atoms with Crippen LogP contribution >= 0.6 is 0 Å². The highest BCUT2D eigenvalue weighted by Gasteiger charge is 2.27. The van der Waals surface area contributed by atoms with Gasteiger partial charge in [0.05, 0.1) is 19.8 Å². The normalized spacial score (nSPS) is 12.5. The Labute approximate surface area is 134 Å². The number of phenols is 1. The van der Waals surface area contributed by atoms with Crippen molar-refractivity contribution in [2.45, 2.75) is 46.5 Å². The van der Waals surface area contributed by atoms with Crippen LogP contribution in [0.15, 0.2) is 18.2 Å². The van der Waals surface area contributed by atoms with Gasteiger partial charge in [-0.05, 0) is 34.9 Å². The molecule has 0 unspecified atom stereocenters. The number of hydrogen-bond donors (Lipinski definition) is 2. The van der Waals surface area contributed by atoms with E-state index in [0.717, 1.165) is 12.0 Å². The highest BCUT2D eigenvalue weighted by molar-refractivity contribution is 5.44. The van der Waals surface area contributed by atoms with Crippen molar-refractivity contribution in [2.24, 2.45) is 5.41 Å². The predicted octanol–water partition coefficient (Wildman–Crippen LogP) is 3.49. The zero-order valence-electron chi connectivity index (χ0n) is 14.5.